The third kappa shape index (κ3) is 6.71. The smallest absolute Gasteiger partial charge is 0.336 e. The first-order chi connectivity index (χ1) is 15.0. The molecule has 2 N–H and O–H groups in total. The fourth-order valence-corrected chi connectivity index (χ4v) is 2.79. The fraction of sp³-hybridized carbons (Fsp3) is 0.125. The van der Waals surface area contributed by atoms with E-state index in [-0.39, 0.29) is 12.5 Å². The van der Waals surface area contributed by atoms with Gasteiger partial charge in [-0.25, -0.2) is 10.2 Å². The lowest BCUT2D eigenvalue weighted by Gasteiger charge is -2.11. The summed E-state index contributed by atoms with van der Waals surface area (Å²) in [5.41, 5.74) is 6.33. The molecule has 1 aromatic heterocycles. The number of hydrogen-bond donors (Lipinski definition) is 2. The topological polar surface area (TPSA) is 92.9 Å². The second-order valence-electron chi connectivity index (χ2n) is 6.75. The average Bonchev–Trinajstić information content (AvgIpc) is 3.27. The van der Waals surface area contributed by atoms with E-state index in [1.807, 2.05) is 32.0 Å². The molecule has 3 rings (SSSR count). The number of ether oxygens (including phenoxy) is 1. The molecule has 0 aliphatic heterocycles. The lowest BCUT2D eigenvalue weighted by Crippen LogP contribution is -2.26. The Morgan fingerprint density at radius 1 is 1.03 bits per heavy atom. The summed E-state index contributed by atoms with van der Waals surface area (Å²) in [7, 11) is 0. The average molecular weight is 417 g/mol. The van der Waals surface area contributed by atoms with Crippen molar-refractivity contribution in [3.63, 3.8) is 0 Å². The molecule has 7 heteroatoms. The summed E-state index contributed by atoms with van der Waals surface area (Å²) < 4.78 is 10.3. The highest BCUT2D eigenvalue weighted by Crippen LogP contribution is 2.18. The van der Waals surface area contributed by atoms with Gasteiger partial charge < -0.3 is 14.5 Å². The normalized spacial score (nSPS) is 11.0. The van der Waals surface area contributed by atoms with E-state index in [1.165, 1.54) is 24.6 Å². The van der Waals surface area contributed by atoms with Gasteiger partial charge in [-0.2, -0.15) is 5.10 Å². The van der Waals surface area contributed by atoms with Gasteiger partial charge in [0.1, 0.15) is 11.5 Å². The first kappa shape index (κ1) is 21.6. The molecule has 0 radical (unpaired) electrons. The molecule has 0 atom stereocenters. The molecule has 0 spiro atoms. The number of carbonyl (C=O) groups is 2. The molecule has 0 aliphatic rings. The van der Waals surface area contributed by atoms with Crippen LogP contribution in [0.25, 0.3) is 6.08 Å². The van der Waals surface area contributed by atoms with Crippen molar-refractivity contribution in [3.05, 3.63) is 89.4 Å². The zero-order chi connectivity index (χ0) is 22.1. The summed E-state index contributed by atoms with van der Waals surface area (Å²) in [6.45, 7) is 4.09. The summed E-state index contributed by atoms with van der Waals surface area (Å²) in [4.78, 5) is 23.8. The molecule has 2 aromatic carbocycles. The molecule has 31 heavy (non-hydrogen) atoms. The Balaban J connectivity index is 1.44. The van der Waals surface area contributed by atoms with E-state index in [2.05, 4.69) is 15.8 Å². The van der Waals surface area contributed by atoms with E-state index in [4.69, 9.17) is 9.15 Å². The SMILES string of the molecule is Cc1cccc(C)c1NCC(=O)NN=Cc1ccc(OC(=O)C=Cc2ccco2)cc1. The Labute approximate surface area is 180 Å². The molecule has 1 heterocycles. The maximum Gasteiger partial charge on any atom is 0.336 e. The van der Waals surface area contributed by atoms with Gasteiger partial charge in [-0.3, -0.25) is 4.79 Å². The molecule has 0 saturated heterocycles. The number of furan rings is 1. The minimum Gasteiger partial charge on any atom is -0.465 e. The van der Waals surface area contributed by atoms with E-state index in [9.17, 15) is 9.59 Å². The van der Waals surface area contributed by atoms with Crippen molar-refractivity contribution in [2.45, 2.75) is 13.8 Å². The number of rotatable bonds is 8. The fourth-order valence-electron chi connectivity index (χ4n) is 2.79. The minimum atomic E-state index is -0.513. The number of nitrogens with one attached hydrogen (secondary N) is 2. The molecule has 3 aromatic rings. The van der Waals surface area contributed by atoms with Crippen LogP contribution in [0.4, 0.5) is 5.69 Å². The Bertz CT molecular complexity index is 1060. The number of carbonyl (C=O) groups excluding carboxylic acids is 2. The van der Waals surface area contributed by atoms with Gasteiger partial charge in [0.05, 0.1) is 19.0 Å². The van der Waals surface area contributed by atoms with Crippen molar-refractivity contribution in [3.8, 4) is 5.75 Å². The van der Waals surface area contributed by atoms with Crippen LogP contribution in [0.2, 0.25) is 0 Å². The van der Waals surface area contributed by atoms with Gasteiger partial charge in [-0.1, -0.05) is 18.2 Å². The van der Waals surface area contributed by atoms with Crippen LogP contribution in [0.1, 0.15) is 22.5 Å². The third-order valence-electron chi connectivity index (χ3n) is 4.34. The van der Waals surface area contributed by atoms with Crippen molar-refractivity contribution in [2.75, 3.05) is 11.9 Å². The second kappa shape index (κ2) is 10.6. The van der Waals surface area contributed by atoms with E-state index in [0.717, 1.165) is 22.4 Å². The molecular formula is C24H23N3O4. The van der Waals surface area contributed by atoms with Crippen LogP contribution < -0.4 is 15.5 Å². The summed E-state index contributed by atoms with van der Waals surface area (Å²) in [5, 5.41) is 7.08. The van der Waals surface area contributed by atoms with Crippen LogP contribution in [0.5, 0.6) is 5.75 Å². The summed E-state index contributed by atoms with van der Waals surface area (Å²) in [6.07, 6.45) is 5.85. The predicted molar refractivity (Wildman–Crippen MR) is 120 cm³/mol. The Hall–Kier alpha value is -4.13. The quantitative estimate of drug-likeness (QED) is 0.189. The van der Waals surface area contributed by atoms with Gasteiger partial charge in [0, 0.05) is 11.8 Å². The number of anilines is 1. The molecule has 158 valence electrons. The van der Waals surface area contributed by atoms with E-state index in [1.54, 1.807) is 36.4 Å². The van der Waals surface area contributed by atoms with Crippen LogP contribution in [0.15, 0.2) is 76.5 Å². The molecule has 0 saturated carbocycles. The molecule has 0 unspecified atom stereocenters. The summed E-state index contributed by atoms with van der Waals surface area (Å²) in [5.74, 6) is 0.192. The van der Waals surface area contributed by atoms with Gasteiger partial charge >= 0.3 is 5.97 Å². The molecule has 7 nitrogen and oxygen atoms in total. The van der Waals surface area contributed by atoms with Gasteiger partial charge in [-0.15, -0.1) is 0 Å². The molecule has 0 bridgehead atoms. The first-order valence-electron chi connectivity index (χ1n) is 9.67. The van der Waals surface area contributed by atoms with Crippen molar-refractivity contribution in [1.29, 1.82) is 0 Å². The number of nitrogens with zero attached hydrogens (tertiary/aromatic N) is 1. The van der Waals surface area contributed by atoms with Crippen molar-refractivity contribution in [1.82, 2.24) is 5.43 Å². The summed E-state index contributed by atoms with van der Waals surface area (Å²) >= 11 is 0. The Morgan fingerprint density at radius 3 is 2.45 bits per heavy atom. The maximum absolute atomic E-state index is 12.0. The number of hydrogen-bond acceptors (Lipinski definition) is 6. The van der Waals surface area contributed by atoms with E-state index in [0.29, 0.717) is 11.5 Å². The monoisotopic (exact) mass is 417 g/mol. The van der Waals surface area contributed by atoms with Crippen LogP contribution in [0, 0.1) is 13.8 Å². The molecule has 0 fully saturated rings. The largest absolute Gasteiger partial charge is 0.465 e. The predicted octanol–water partition coefficient (Wildman–Crippen LogP) is 4.08. The highest BCUT2D eigenvalue weighted by molar-refractivity contribution is 5.88. The first-order valence-corrected chi connectivity index (χ1v) is 9.67. The Kier molecular flexibility index (Phi) is 7.37. The van der Waals surface area contributed by atoms with Gasteiger partial charge in [-0.05, 0) is 73.0 Å². The van der Waals surface area contributed by atoms with E-state index >= 15 is 0 Å². The number of para-hydroxylation sites is 1. The molecule has 1 amide bonds. The zero-order valence-electron chi connectivity index (χ0n) is 17.3. The van der Waals surface area contributed by atoms with E-state index < -0.39 is 5.97 Å². The zero-order valence-corrected chi connectivity index (χ0v) is 17.3. The van der Waals surface area contributed by atoms with Gasteiger partial charge in [0.25, 0.3) is 5.91 Å². The standard InChI is InChI=1S/C24H23N3O4/c1-17-5-3-6-18(2)24(17)25-16-22(28)27-26-15-19-8-10-21(11-9-19)31-23(29)13-12-20-7-4-14-30-20/h3-15,25H,16H2,1-2H3,(H,27,28). The molecular weight excluding hydrogens is 394 g/mol. The third-order valence-corrected chi connectivity index (χ3v) is 4.34. The number of benzene rings is 2. The molecule has 0 aliphatic carbocycles. The minimum absolute atomic E-state index is 0.115. The lowest BCUT2D eigenvalue weighted by atomic mass is 10.1. The number of aryl methyl sites for hydroxylation is 2. The van der Waals surface area contributed by atoms with Crippen molar-refractivity contribution >= 4 is 29.9 Å². The maximum atomic E-state index is 12.0. The van der Waals surface area contributed by atoms with Crippen LogP contribution in [0.3, 0.4) is 0 Å². The van der Waals surface area contributed by atoms with Crippen LogP contribution >= 0.6 is 0 Å². The Morgan fingerprint density at radius 2 is 1.77 bits per heavy atom. The highest BCUT2D eigenvalue weighted by Gasteiger charge is 2.05. The summed E-state index contributed by atoms with van der Waals surface area (Å²) in [6, 6.07) is 16.2. The van der Waals surface area contributed by atoms with Crippen LogP contribution in [-0.2, 0) is 9.59 Å². The number of esters is 1. The second-order valence-corrected chi connectivity index (χ2v) is 6.75. The van der Waals surface area contributed by atoms with Crippen molar-refractivity contribution < 1.29 is 18.7 Å². The number of amides is 1. The lowest BCUT2D eigenvalue weighted by molar-refractivity contribution is -0.129. The van der Waals surface area contributed by atoms with Crippen molar-refractivity contribution in [2.24, 2.45) is 5.10 Å². The van der Waals surface area contributed by atoms with Crippen LogP contribution in [-0.4, -0.2) is 24.6 Å². The number of hydrazone groups is 1. The van der Waals surface area contributed by atoms with Gasteiger partial charge in [0.15, 0.2) is 0 Å². The van der Waals surface area contributed by atoms with Gasteiger partial charge in [0.2, 0.25) is 0 Å². The highest BCUT2D eigenvalue weighted by atomic mass is 16.5.